The fourth-order valence-electron chi connectivity index (χ4n) is 3.14. The van der Waals surface area contributed by atoms with Gasteiger partial charge in [-0.2, -0.15) is 4.31 Å². The molecule has 0 spiro atoms. The van der Waals surface area contributed by atoms with E-state index in [1.807, 2.05) is 25.7 Å². The van der Waals surface area contributed by atoms with Crippen LogP contribution in [0.1, 0.15) is 32.4 Å². The van der Waals surface area contributed by atoms with Gasteiger partial charge in [-0.25, -0.2) is 12.8 Å². The molecule has 0 radical (unpaired) electrons. The van der Waals surface area contributed by atoms with Crippen molar-refractivity contribution in [1.82, 2.24) is 14.5 Å². The maximum Gasteiger partial charge on any atom is 0.216 e. The number of hydrogen-bond donors (Lipinski definition) is 2. The summed E-state index contributed by atoms with van der Waals surface area (Å²) in [6.07, 6.45) is -1.06. The predicted molar refractivity (Wildman–Crippen MR) is 115 cm³/mol. The second-order valence-electron chi connectivity index (χ2n) is 7.35. The Labute approximate surface area is 178 Å². The zero-order valence-electron chi connectivity index (χ0n) is 17.9. The number of guanidine groups is 1. The van der Waals surface area contributed by atoms with E-state index >= 15 is 0 Å². The number of rotatable bonds is 9. The van der Waals surface area contributed by atoms with E-state index in [1.165, 1.54) is 16.4 Å². The van der Waals surface area contributed by atoms with E-state index in [0.717, 1.165) is 0 Å². The van der Waals surface area contributed by atoms with Crippen molar-refractivity contribution in [2.75, 3.05) is 51.6 Å². The fraction of sp³-hybridized carbons (Fsp3) is 0.650. The Balaban J connectivity index is 1.95. The lowest BCUT2D eigenvalue weighted by Crippen LogP contribution is -2.54. The molecule has 30 heavy (non-hydrogen) atoms. The third kappa shape index (κ3) is 7.19. The van der Waals surface area contributed by atoms with E-state index in [0.29, 0.717) is 38.7 Å². The van der Waals surface area contributed by atoms with Crippen LogP contribution in [-0.4, -0.2) is 86.4 Å². The van der Waals surface area contributed by atoms with Crippen molar-refractivity contribution in [3.05, 3.63) is 35.6 Å². The van der Waals surface area contributed by atoms with Crippen molar-refractivity contribution in [2.45, 2.75) is 33.0 Å². The third-order valence-corrected chi connectivity index (χ3v) is 6.57. The molecule has 1 aliphatic rings. The largest absolute Gasteiger partial charge is 0.386 e. The first-order chi connectivity index (χ1) is 14.2. The van der Waals surface area contributed by atoms with E-state index in [2.05, 4.69) is 10.3 Å². The molecule has 0 bridgehead atoms. The Hall–Kier alpha value is -1.75. The van der Waals surface area contributed by atoms with Gasteiger partial charge in [0.2, 0.25) is 10.0 Å². The molecule has 1 heterocycles. The molecular formula is C20H33FN4O4S. The van der Waals surface area contributed by atoms with E-state index in [-0.39, 0.29) is 30.6 Å². The molecule has 1 saturated heterocycles. The number of benzene rings is 1. The minimum Gasteiger partial charge on any atom is -0.386 e. The lowest BCUT2D eigenvalue weighted by atomic mass is 10.1. The monoisotopic (exact) mass is 444 g/mol. The highest BCUT2D eigenvalue weighted by atomic mass is 32.2. The van der Waals surface area contributed by atoms with Gasteiger partial charge in [0.1, 0.15) is 11.9 Å². The number of halogens is 1. The van der Waals surface area contributed by atoms with Crippen LogP contribution in [0.25, 0.3) is 0 Å². The standard InChI is InChI=1S/C20H33FN4O4S/c1-4-22-20(23-15-19(26)17-7-5-6-8-18(17)21)24-9-11-25(12-10-24)30(27,28)14-13-29-16(2)3/h5-8,16,19,26H,4,9-15H2,1-3H3,(H,22,23). The Morgan fingerprint density at radius 1 is 1.27 bits per heavy atom. The molecule has 1 aromatic carbocycles. The molecule has 0 aromatic heterocycles. The van der Waals surface area contributed by atoms with Gasteiger partial charge in [0.25, 0.3) is 0 Å². The summed E-state index contributed by atoms with van der Waals surface area (Å²) in [6.45, 7) is 8.14. The highest BCUT2D eigenvalue weighted by molar-refractivity contribution is 7.89. The second kappa shape index (κ2) is 11.6. The minimum atomic E-state index is -3.37. The molecule has 1 unspecified atom stereocenters. The van der Waals surface area contributed by atoms with E-state index in [1.54, 1.807) is 12.1 Å². The fourth-order valence-corrected chi connectivity index (χ4v) is 4.42. The highest BCUT2D eigenvalue weighted by Crippen LogP contribution is 2.17. The first kappa shape index (κ1) is 24.5. The van der Waals surface area contributed by atoms with Gasteiger partial charge in [0.05, 0.1) is 25.0 Å². The van der Waals surface area contributed by atoms with Gasteiger partial charge in [-0.3, -0.25) is 4.99 Å². The molecule has 170 valence electrons. The van der Waals surface area contributed by atoms with Gasteiger partial charge in [-0.05, 0) is 26.8 Å². The quantitative estimate of drug-likeness (QED) is 0.439. The minimum absolute atomic E-state index is 0.00403. The molecule has 10 heteroatoms. The number of sulfonamides is 1. The number of ether oxygens (including phenoxy) is 1. The van der Waals surface area contributed by atoms with Crippen LogP contribution in [0, 0.1) is 5.82 Å². The summed E-state index contributed by atoms with van der Waals surface area (Å²) in [5.74, 6) is 0.0762. The van der Waals surface area contributed by atoms with Gasteiger partial charge < -0.3 is 20.1 Å². The molecule has 8 nitrogen and oxygen atoms in total. The first-order valence-corrected chi connectivity index (χ1v) is 11.9. The molecule has 2 N–H and O–H groups in total. The van der Waals surface area contributed by atoms with Crippen molar-refractivity contribution >= 4 is 16.0 Å². The average Bonchev–Trinajstić information content (AvgIpc) is 2.71. The summed E-state index contributed by atoms with van der Waals surface area (Å²) in [6, 6.07) is 6.08. The van der Waals surface area contributed by atoms with Crippen molar-refractivity contribution in [3.63, 3.8) is 0 Å². The summed E-state index contributed by atoms with van der Waals surface area (Å²) < 4.78 is 45.7. The predicted octanol–water partition coefficient (Wildman–Crippen LogP) is 1.20. The summed E-state index contributed by atoms with van der Waals surface area (Å²) in [5, 5.41) is 13.5. The van der Waals surface area contributed by atoms with Gasteiger partial charge in [0, 0.05) is 38.3 Å². The van der Waals surface area contributed by atoms with E-state index in [4.69, 9.17) is 4.74 Å². The summed E-state index contributed by atoms with van der Waals surface area (Å²) >= 11 is 0. The molecule has 2 rings (SSSR count). The number of aliphatic hydroxyl groups excluding tert-OH is 1. The molecule has 1 fully saturated rings. The third-order valence-electron chi connectivity index (χ3n) is 4.74. The maximum absolute atomic E-state index is 13.8. The van der Waals surface area contributed by atoms with Gasteiger partial charge in [-0.1, -0.05) is 18.2 Å². The van der Waals surface area contributed by atoms with Crippen LogP contribution in [0.2, 0.25) is 0 Å². The Kier molecular flexibility index (Phi) is 9.47. The summed E-state index contributed by atoms with van der Waals surface area (Å²) in [5.41, 5.74) is 0.205. The first-order valence-electron chi connectivity index (χ1n) is 10.3. The number of aliphatic imine (C=N–C) groups is 1. The van der Waals surface area contributed by atoms with Crippen LogP contribution < -0.4 is 5.32 Å². The zero-order chi connectivity index (χ0) is 22.1. The molecule has 0 amide bonds. The number of nitrogens with zero attached hydrogens (tertiary/aromatic N) is 3. The van der Waals surface area contributed by atoms with Crippen molar-refractivity contribution in [2.24, 2.45) is 4.99 Å². The highest BCUT2D eigenvalue weighted by Gasteiger charge is 2.28. The van der Waals surface area contributed by atoms with Gasteiger partial charge >= 0.3 is 0 Å². The Bertz CT molecular complexity index is 796. The molecule has 1 aromatic rings. The smallest absolute Gasteiger partial charge is 0.216 e. The van der Waals surface area contributed by atoms with Crippen LogP contribution >= 0.6 is 0 Å². The summed E-state index contributed by atoms with van der Waals surface area (Å²) in [7, 11) is -3.37. The normalized spacial score (nSPS) is 17.4. The van der Waals surface area contributed by atoms with Crippen LogP contribution in [0.4, 0.5) is 4.39 Å². The van der Waals surface area contributed by atoms with Crippen molar-refractivity contribution < 1.29 is 22.7 Å². The Morgan fingerprint density at radius 3 is 2.53 bits per heavy atom. The molecule has 0 aliphatic carbocycles. The maximum atomic E-state index is 13.8. The number of piperazine rings is 1. The number of hydrogen-bond acceptors (Lipinski definition) is 5. The second-order valence-corrected chi connectivity index (χ2v) is 9.44. The topological polar surface area (TPSA) is 94.5 Å². The van der Waals surface area contributed by atoms with Crippen molar-refractivity contribution in [1.29, 1.82) is 0 Å². The lowest BCUT2D eigenvalue weighted by Gasteiger charge is -2.36. The molecule has 1 aliphatic heterocycles. The van der Waals surface area contributed by atoms with Gasteiger partial charge in [0.15, 0.2) is 5.96 Å². The van der Waals surface area contributed by atoms with Crippen LogP contribution in [0.15, 0.2) is 29.3 Å². The van der Waals surface area contributed by atoms with Crippen molar-refractivity contribution in [3.8, 4) is 0 Å². The van der Waals surface area contributed by atoms with Crippen LogP contribution in [0.5, 0.6) is 0 Å². The molecule has 0 saturated carbocycles. The number of nitrogens with one attached hydrogen (secondary N) is 1. The lowest BCUT2D eigenvalue weighted by molar-refractivity contribution is 0.0904. The van der Waals surface area contributed by atoms with E-state index < -0.39 is 21.9 Å². The van der Waals surface area contributed by atoms with E-state index in [9.17, 15) is 17.9 Å². The molecular weight excluding hydrogens is 411 g/mol. The average molecular weight is 445 g/mol. The number of aliphatic hydroxyl groups is 1. The summed E-state index contributed by atoms with van der Waals surface area (Å²) in [4.78, 5) is 6.39. The molecule has 1 atom stereocenters. The zero-order valence-corrected chi connectivity index (χ0v) is 18.7. The van der Waals surface area contributed by atoms with Crippen LogP contribution in [0.3, 0.4) is 0 Å². The van der Waals surface area contributed by atoms with Gasteiger partial charge in [-0.15, -0.1) is 0 Å². The van der Waals surface area contributed by atoms with Crippen LogP contribution in [-0.2, 0) is 14.8 Å². The SMILES string of the molecule is CCNC(=NCC(O)c1ccccc1F)N1CCN(S(=O)(=O)CCOC(C)C)CC1. The Morgan fingerprint density at radius 2 is 1.93 bits per heavy atom.